The van der Waals surface area contributed by atoms with Gasteiger partial charge in [-0.05, 0) is 56.2 Å². The van der Waals surface area contributed by atoms with Crippen LogP contribution in [-0.2, 0) is 19.3 Å². The van der Waals surface area contributed by atoms with Crippen LogP contribution in [0.15, 0.2) is 35.4 Å². The van der Waals surface area contributed by atoms with Crippen molar-refractivity contribution in [3.8, 4) is 0 Å². The summed E-state index contributed by atoms with van der Waals surface area (Å²) in [5, 5.41) is 3.76. The largest absolute Gasteiger partial charge is 0.462 e. The number of nitrogens with zero attached hydrogens (tertiary/aromatic N) is 3. The molecule has 10 heteroatoms. The maximum atomic E-state index is 11.8. The summed E-state index contributed by atoms with van der Waals surface area (Å²) < 4.78 is 40.8. The molecule has 0 heterocycles. The van der Waals surface area contributed by atoms with Crippen LogP contribution in [0.4, 0.5) is 0 Å². The Bertz CT molecular complexity index is 750. The second-order valence-electron chi connectivity index (χ2n) is 6.72. The second kappa shape index (κ2) is 13.9. The molecule has 0 saturated carbocycles. The molecule has 0 spiro atoms. The summed E-state index contributed by atoms with van der Waals surface area (Å²) in [5.74, 6) is -0.377. The zero-order valence-corrected chi connectivity index (χ0v) is 17.5. The van der Waals surface area contributed by atoms with Gasteiger partial charge in [-0.2, -0.15) is 8.42 Å². The number of rotatable bonds is 15. The van der Waals surface area contributed by atoms with Crippen LogP contribution in [0.1, 0.15) is 68.6 Å². The van der Waals surface area contributed by atoms with E-state index in [4.69, 9.17) is 19.0 Å². The summed E-state index contributed by atoms with van der Waals surface area (Å²) in [6.45, 7) is 2.24. The molecule has 0 bridgehead atoms. The molecule has 1 aromatic carbocycles. The summed E-state index contributed by atoms with van der Waals surface area (Å²) in [5.41, 5.74) is 9.25. The molecule has 0 radical (unpaired) electrons. The third-order valence-electron chi connectivity index (χ3n) is 4.35. The van der Waals surface area contributed by atoms with Gasteiger partial charge in [-0.25, -0.2) is 8.98 Å². The van der Waals surface area contributed by atoms with Crippen molar-refractivity contribution >= 4 is 16.4 Å². The van der Waals surface area contributed by atoms with E-state index >= 15 is 0 Å². The number of hydrogen-bond donors (Lipinski definition) is 1. The van der Waals surface area contributed by atoms with Gasteiger partial charge in [-0.15, -0.1) is 0 Å². The van der Waals surface area contributed by atoms with Crippen LogP contribution in [0.2, 0.25) is 0 Å². The fraction of sp³-hybridized carbons (Fsp3) is 0.632. The number of carbonyl (C=O) groups excluding carboxylic acids is 1. The predicted octanol–water partition coefficient (Wildman–Crippen LogP) is 4.85. The lowest BCUT2D eigenvalue weighted by molar-refractivity contribution is 0.0497. The number of esters is 1. The Balaban J connectivity index is 2.37. The van der Waals surface area contributed by atoms with E-state index in [1.165, 1.54) is 0 Å². The van der Waals surface area contributed by atoms with Gasteiger partial charge >= 0.3 is 16.4 Å². The molecule has 162 valence electrons. The van der Waals surface area contributed by atoms with Gasteiger partial charge in [0, 0.05) is 11.0 Å². The van der Waals surface area contributed by atoms with Crippen molar-refractivity contribution in [3.63, 3.8) is 0 Å². The zero-order valence-electron chi connectivity index (χ0n) is 16.6. The highest BCUT2D eigenvalue weighted by molar-refractivity contribution is 7.80. The summed E-state index contributed by atoms with van der Waals surface area (Å²) in [6, 6.07) is 8.40. The molecule has 0 aliphatic rings. The van der Waals surface area contributed by atoms with Crippen molar-refractivity contribution < 1.29 is 26.7 Å². The van der Waals surface area contributed by atoms with Crippen LogP contribution in [0, 0.1) is 0 Å². The quantitative estimate of drug-likeness (QED) is 0.106. The SMILES string of the molecule is CCCC[C@H](CC[C@H](CCCCOC(=O)c1ccccc1)N=[N+]=[N-])OS(=O)(=O)O. The van der Waals surface area contributed by atoms with Gasteiger partial charge in [0.15, 0.2) is 0 Å². The molecule has 0 aromatic heterocycles. The standard InChI is InChI=1S/C19H29N3O6S/c1-2-3-12-18(28-29(24,25)26)14-13-17(21-22-20)11-7-8-15-27-19(23)16-9-5-4-6-10-16/h4-6,9-10,17-18H,2-3,7-8,11-15H2,1H3,(H,24,25,26)/t17-,18+/m0/s1. The van der Waals surface area contributed by atoms with E-state index in [1.54, 1.807) is 24.3 Å². The van der Waals surface area contributed by atoms with Crippen molar-refractivity contribution in [2.24, 2.45) is 5.11 Å². The average molecular weight is 428 g/mol. The van der Waals surface area contributed by atoms with Gasteiger partial charge in [-0.3, -0.25) is 4.55 Å². The topological polar surface area (TPSA) is 139 Å². The lowest BCUT2D eigenvalue weighted by atomic mass is 10.0. The number of unbranched alkanes of at least 4 members (excludes halogenated alkanes) is 2. The van der Waals surface area contributed by atoms with E-state index < -0.39 is 16.5 Å². The summed E-state index contributed by atoms with van der Waals surface area (Å²) >= 11 is 0. The lowest BCUT2D eigenvalue weighted by Gasteiger charge is -2.17. The van der Waals surface area contributed by atoms with Crippen molar-refractivity contribution in [1.29, 1.82) is 0 Å². The van der Waals surface area contributed by atoms with Crippen molar-refractivity contribution in [3.05, 3.63) is 46.3 Å². The minimum atomic E-state index is -4.52. The average Bonchev–Trinajstić information content (AvgIpc) is 2.69. The van der Waals surface area contributed by atoms with Crippen LogP contribution >= 0.6 is 0 Å². The van der Waals surface area contributed by atoms with Crippen molar-refractivity contribution in [1.82, 2.24) is 0 Å². The molecule has 0 saturated heterocycles. The third kappa shape index (κ3) is 12.1. The minimum Gasteiger partial charge on any atom is -0.462 e. The molecule has 0 amide bonds. The Hall–Kier alpha value is -2.13. The molecule has 0 aliphatic carbocycles. The van der Waals surface area contributed by atoms with Crippen LogP contribution in [0.25, 0.3) is 10.4 Å². The Labute approximate surface area is 172 Å². The Kier molecular flexibility index (Phi) is 12.0. The van der Waals surface area contributed by atoms with Crippen LogP contribution < -0.4 is 0 Å². The van der Waals surface area contributed by atoms with Gasteiger partial charge < -0.3 is 4.74 Å². The zero-order chi connectivity index (χ0) is 21.5. The molecule has 1 aromatic rings. The monoisotopic (exact) mass is 427 g/mol. The first-order valence-electron chi connectivity index (χ1n) is 9.77. The fourth-order valence-corrected chi connectivity index (χ4v) is 3.40. The molecule has 29 heavy (non-hydrogen) atoms. The summed E-state index contributed by atoms with van der Waals surface area (Å²) in [4.78, 5) is 14.7. The van der Waals surface area contributed by atoms with E-state index in [1.807, 2.05) is 13.0 Å². The molecule has 1 rings (SSSR count). The third-order valence-corrected chi connectivity index (χ3v) is 4.86. The highest BCUT2D eigenvalue weighted by Crippen LogP contribution is 2.19. The van der Waals surface area contributed by atoms with Gasteiger partial charge in [0.25, 0.3) is 0 Å². The van der Waals surface area contributed by atoms with E-state index in [2.05, 4.69) is 10.0 Å². The number of benzene rings is 1. The summed E-state index contributed by atoms with van der Waals surface area (Å²) in [7, 11) is -4.52. The first kappa shape index (κ1) is 24.9. The smallest absolute Gasteiger partial charge is 0.397 e. The Morgan fingerprint density at radius 3 is 2.48 bits per heavy atom. The number of azide groups is 1. The first-order chi connectivity index (χ1) is 13.9. The Morgan fingerprint density at radius 1 is 1.14 bits per heavy atom. The normalized spacial score (nSPS) is 13.3. The molecule has 0 aliphatic heterocycles. The van der Waals surface area contributed by atoms with Crippen LogP contribution in [0.5, 0.6) is 0 Å². The first-order valence-corrected chi connectivity index (χ1v) is 11.1. The summed E-state index contributed by atoms with van der Waals surface area (Å²) in [6.07, 6.45) is 4.17. The molecule has 1 N–H and O–H groups in total. The van der Waals surface area contributed by atoms with Crippen LogP contribution in [-0.4, -0.2) is 37.7 Å². The van der Waals surface area contributed by atoms with E-state index in [0.717, 1.165) is 12.8 Å². The number of hydrogen-bond acceptors (Lipinski definition) is 6. The molecule has 0 unspecified atom stereocenters. The van der Waals surface area contributed by atoms with Gasteiger partial charge in [0.2, 0.25) is 0 Å². The van der Waals surface area contributed by atoms with Gasteiger partial charge in [0.1, 0.15) is 0 Å². The minimum absolute atomic E-state index is 0.266. The maximum Gasteiger partial charge on any atom is 0.397 e. The predicted molar refractivity (Wildman–Crippen MR) is 109 cm³/mol. The second-order valence-corrected chi connectivity index (χ2v) is 7.77. The van der Waals surface area contributed by atoms with Crippen molar-refractivity contribution in [2.45, 2.75) is 70.4 Å². The van der Waals surface area contributed by atoms with E-state index in [-0.39, 0.29) is 18.6 Å². The van der Waals surface area contributed by atoms with E-state index in [9.17, 15) is 13.2 Å². The van der Waals surface area contributed by atoms with Gasteiger partial charge in [-0.1, -0.05) is 43.1 Å². The van der Waals surface area contributed by atoms with Crippen LogP contribution in [0.3, 0.4) is 0 Å². The molecular weight excluding hydrogens is 398 g/mol. The van der Waals surface area contributed by atoms with Gasteiger partial charge in [0.05, 0.1) is 18.3 Å². The molecule has 2 atom stereocenters. The number of ether oxygens (including phenoxy) is 1. The molecule has 0 fully saturated rings. The lowest BCUT2D eigenvalue weighted by Crippen LogP contribution is -2.20. The molecule has 9 nitrogen and oxygen atoms in total. The van der Waals surface area contributed by atoms with Crippen molar-refractivity contribution in [2.75, 3.05) is 6.61 Å². The van der Waals surface area contributed by atoms with E-state index in [0.29, 0.717) is 44.1 Å². The molecular formula is C19H29N3O6S. The maximum absolute atomic E-state index is 11.8. The number of carbonyl (C=O) groups is 1. The highest BCUT2D eigenvalue weighted by atomic mass is 32.3. The fourth-order valence-electron chi connectivity index (χ4n) is 2.86. The highest BCUT2D eigenvalue weighted by Gasteiger charge is 2.19. The Morgan fingerprint density at radius 2 is 1.86 bits per heavy atom.